The van der Waals surface area contributed by atoms with Gasteiger partial charge in [0.05, 0.1) is 4.90 Å². The molecule has 0 saturated carbocycles. The molecule has 9 heteroatoms. The van der Waals surface area contributed by atoms with Crippen LogP contribution in [0.25, 0.3) is 0 Å². The Labute approximate surface area is 133 Å². The molecule has 1 unspecified atom stereocenters. The highest BCUT2D eigenvalue weighted by Crippen LogP contribution is 2.21. The molecule has 2 N–H and O–H groups in total. The van der Waals surface area contributed by atoms with Crippen molar-refractivity contribution in [1.82, 2.24) is 4.90 Å². The van der Waals surface area contributed by atoms with E-state index >= 15 is 0 Å². The van der Waals surface area contributed by atoms with Crippen molar-refractivity contribution in [2.75, 3.05) is 19.6 Å². The molecule has 0 aromatic heterocycles. The number of sulfone groups is 1. The van der Waals surface area contributed by atoms with Crippen molar-refractivity contribution in [3.8, 4) is 0 Å². The maximum absolute atomic E-state index is 12.4. The van der Waals surface area contributed by atoms with Gasteiger partial charge >= 0.3 is 5.76 Å². The molecule has 1 aromatic carbocycles. The monoisotopic (exact) mass is 354 g/mol. The molecule has 2 rings (SSSR count). The second-order valence-corrected chi connectivity index (χ2v) is 6.89. The minimum Gasteiger partial charge on any atom is -0.338 e. The summed E-state index contributed by atoms with van der Waals surface area (Å²) < 4.78 is 47.4. The van der Waals surface area contributed by atoms with Crippen LogP contribution >= 0.6 is 12.4 Å². The van der Waals surface area contributed by atoms with Gasteiger partial charge in [0.15, 0.2) is 0 Å². The molecule has 1 atom stereocenters. The summed E-state index contributed by atoms with van der Waals surface area (Å²) in [6.45, 7) is 1.67. The van der Waals surface area contributed by atoms with Crippen LogP contribution in [-0.4, -0.2) is 44.6 Å². The Morgan fingerprint density at radius 2 is 1.91 bits per heavy atom. The summed E-state index contributed by atoms with van der Waals surface area (Å²) in [4.78, 5) is 13.3. The van der Waals surface area contributed by atoms with Crippen LogP contribution in [0.4, 0.5) is 8.78 Å². The summed E-state index contributed by atoms with van der Waals surface area (Å²) in [5.74, 6) is -3.44. The van der Waals surface area contributed by atoms with Gasteiger partial charge in [-0.2, -0.15) is 8.78 Å². The molecule has 124 valence electrons. The van der Waals surface area contributed by atoms with Crippen molar-refractivity contribution < 1.29 is 22.0 Å². The Balaban J connectivity index is 0.00000242. The molecule has 1 fully saturated rings. The van der Waals surface area contributed by atoms with Crippen LogP contribution in [-0.2, 0) is 9.84 Å². The lowest BCUT2D eigenvalue weighted by atomic mass is 10.1. The second-order valence-electron chi connectivity index (χ2n) is 4.97. The molecule has 1 saturated heterocycles. The first kappa shape index (κ1) is 18.8. The fourth-order valence-corrected chi connectivity index (χ4v) is 3.00. The molecule has 5 nitrogen and oxygen atoms in total. The lowest BCUT2D eigenvalue weighted by molar-refractivity contribution is 0.0787. The molecule has 0 radical (unpaired) electrons. The molecule has 1 aliphatic heterocycles. The lowest BCUT2D eigenvalue weighted by Gasteiger charge is -2.16. The smallest absolute Gasteiger partial charge is 0.338 e. The van der Waals surface area contributed by atoms with Gasteiger partial charge in [0.1, 0.15) is 0 Å². The molecule has 1 aliphatic rings. The van der Waals surface area contributed by atoms with E-state index in [9.17, 15) is 22.0 Å². The van der Waals surface area contributed by atoms with Crippen molar-refractivity contribution in [1.29, 1.82) is 0 Å². The number of hydrogen-bond donors (Lipinski definition) is 1. The third-order valence-electron chi connectivity index (χ3n) is 3.57. The fraction of sp³-hybridized carbons (Fsp3) is 0.462. The van der Waals surface area contributed by atoms with Gasteiger partial charge in [0.2, 0.25) is 9.84 Å². The van der Waals surface area contributed by atoms with E-state index in [1.54, 1.807) is 4.90 Å². The van der Waals surface area contributed by atoms with E-state index in [0.29, 0.717) is 19.6 Å². The first-order valence-corrected chi connectivity index (χ1v) is 8.02. The highest BCUT2D eigenvalue weighted by molar-refractivity contribution is 7.91. The number of carbonyl (C=O) groups is 1. The van der Waals surface area contributed by atoms with Crippen LogP contribution in [0, 0.1) is 5.92 Å². The maximum Gasteiger partial charge on any atom is 0.341 e. The van der Waals surface area contributed by atoms with Gasteiger partial charge in [-0.15, -0.1) is 12.4 Å². The van der Waals surface area contributed by atoms with Crippen molar-refractivity contribution in [2.45, 2.75) is 17.1 Å². The Bertz CT molecular complexity index is 623. The number of halogens is 3. The van der Waals surface area contributed by atoms with Crippen molar-refractivity contribution in [3.05, 3.63) is 29.8 Å². The van der Waals surface area contributed by atoms with Gasteiger partial charge in [-0.3, -0.25) is 4.79 Å². The molecular weight excluding hydrogens is 338 g/mol. The first-order chi connectivity index (χ1) is 9.86. The van der Waals surface area contributed by atoms with E-state index in [2.05, 4.69) is 0 Å². The topological polar surface area (TPSA) is 80.5 Å². The predicted molar refractivity (Wildman–Crippen MR) is 79.9 cm³/mol. The zero-order chi connectivity index (χ0) is 15.6. The van der Waals surface area contributed by atoms with Crippen LogP contribution in [0.5, 0.6) is 0 Å². The van der Waals surface area contributed by atoms with Crippen LogP contribution in [0.2, 0.25) is 0 Å². The Morgan fingerprint density at radius 1 is 1.32 bits per heavy atom. The summed E-state index contributed by atoms with van der Waals surface area (Å²) in [5, 5.41) is 0. The van der Waals surface area contributed by atoms with Gasteiger partial charge in [0, 0.05) is 18.7 Å². The third-order valence-corrected chi connectivity index (χ3v) is 4.97. The van der Waals surface area contributed by atoms with E-state index < -0.39 is 20.5 Å². The number of alkyl halides is 2. The van der Waals surface area contributed by atoms with Gasteiger partial charge in [-0.25, -0.2) is 8.42 Å². The number of carbonyl (C=O) groups excluding carboxylic acids is 1. The number of rotatable bonds is 4. The van der Waals surface area contributed by atoms with Gasteiger partial charge in [-0.1, -0.05) is 0 Å². The number of nitrogens with two attached hydrogens (primary N) is 1. The zero-order valence-corrected chi connectivity index (χ0v) is 13.2. The minimum absolute atomic E-state index is 0. The number of benzene rings is 1. The Morgan fingerprint density at radius 3 is 2.36 bits per heavy atom. The Hall–Kier alpha value is -1.25. The van der Waals surface area contributed by atoms with E-state index in [4.69, 9.17) is 5.73 Å². The molecule has 22 heavy (non-hydrogen) atoms. The highest BCUT2D eigenvalue weighted by atomic mass is 35.5. The molecule has 0 spiro atoms. The van der Waals surface area contributed by atoms with Gasteiger partial charge < -0.3 is 10.6 Å². The van der Waals surface area contributed by atoms with E-state index in [1.807, 2.05) is 0 Å². The number of amides is 1. The highest BCUT2D eigenvalue weighted by Gasteiger charge is 2.28. The SMILES string of the molecule is Cl.NCC1CCN(C(=O)c2ccc(S(=O)(=O)C(F)F)cc2)C1. The van der Waals surface area contributed by atoms with E-state index in [-0.39, 0.29) is 29.8 Å². The lowest BCUT2D eigenvalue weighted by Crippen LogP contribution is -2.29. The molecule has 1 amide bonds. The van der Waals surface area contributed by atoms with E-state index in [1.165, 1.54) is 12.1 Å². The largest absolute Gasteiger partial charge is 0.341 e. The van der Waals surface area contributed by atoms with Gasteiger partial charge in [-0.05, 0) is 43.1 Å². The minimum atomic E-state index is -4.63. The third kappa shape index (κ3) is 3.74. The van der Waals surface area contributed by atoms with Crippen molar-refractivity contribution in [3.63, 3.8) is 0 Å². The summed E-state index contributed by atoms with van der Waals surface area (Å²) in [6, 6.07) is 4.58. The Kier molecular flexibility index (Phi) is 6.27. The van der Waals surface area contributed by atoms with Crippen LogP contribution < -0.4 is 5.73 Å². The number of nitrogens with zero attached hydrogens (tertiary/aromatic N) is 1. The molecule has 0 bridgehead atoms. The average Bonchev–Trinajstić information content (AvgIpc) is 2.95. The predicted octanol–water partition coefficient (Wildman–Crippen LogP) is 1.53. The van der Waals surface area contributed by atoms with Crippen LogP contribution in [0.15, 0.2) is 29.2 Å². The zero-order valence-electron chi connectivity index (χ0n) is 11.6. The fourth-order valence-electron chi connectivity index (χ4n) is 2.28. The summed E-state index contributed by atoms with van der Waals surface area (Å²) in [7, 11) is -4.63. The molecular formula is C13H17ClF2N2O3S. The van der Waals surface area contributed by atoms with Crippen molar-refractivity contribution >= 4 is 28.2 Å². The van der Waals surface area contributed by atoms with Crippen LogP contribution in [0.3, 0.4) is 0 Å². The molecule has 0 aliphatic carbocycles. The number of likely N-dealkylation sites (tertiary alicyclic amines) is 1. The van der Waals surface area contributed by atoms with E-state index in [0.717, 1.165) is 18.6 Å². The quantitative estimate of drug-likeness (QED) is 0.889. The second kappa shape index (κ2) is 7.34. The standard InChI is InChI=1S/C13H16F2N2O3S.ClH/c14-13(15)21(19,20)11-3-1-10(2-4-11)12(18)17-6-5-9(7-16)8-17;/h1-4,9,13H,5-8,16H2;1H. The first-order valence-electron chi connectivity index (χ1n) is 6.47. The summed E-state index contributed by atoms with van der Waals surface area (Å²) >= 11 is 0. The average molecular weight is 355 g/mol. The van der Waals surface area contributed by atoms with Crippen LogP contribution in [0.1, 0.15) is 16.8 Å². The van der Waals surface area contributed by atoms with Gasteiger partial charge in [0.25, 0.3) is 5.91 Å². The van der Waals surface area contributed by atoms with Crippen molar-refractivity contribution in [2.24, 2.45) is 11.7 Å². The maximum atomic E-state index is 12.4. The molecule has 1 heterocycles. The normalized spacial score (nSPS) is 18.4. The molecule has 1 aromatic rings. The summed E-state index contributed by atoms with van der Waals surface area (Å²) in [5.41, 5.74) is 5.83. The number of hydrogen-bond acceptors (Lipinski definition) is 4. The summed E-state index contributed by atoms with van der Waals surface area (Å²) in [6.07, 6.45) is 0.833.